The lowest BCUT2D eigenvalue weighted by atomic mass is 9.94. The van der Waals surface area contributed by atoms with E-state index >= 15 is 0 Å². The SMILES string of the molecule is NC[C@H]1O[C@H](O[C@H]2[C@H](O)[C@@H](N)[C@@H](O[C@H]3[C@H](O)[C@@H](N)[C@@H](O)O[C@@H]3CN)O[C@@H]2CN)[C@H](N)[C@@H](O)[C@@H]1O. The predicted molar refractivity (Wildman–Crippen MR) is 113 cm³/mol. The van der Waals surface area contributed by atoms with Crippen LogP contribution in [0.5, 0.6) is 0 Å². The maximum atomic E-state index is 10.9. The Labute approximate surface area is 196 Å². The van der Waals surface area contributed by atoms with Gasteiger partial charge < -0.3 is 83.6 Å². The molecule has 0 bridgehead atoms. The van der Waals surface area contributed by atoms with Gasteiger partial charge in [-0.2, -0.15) is 0 Å². The first-order valence-electron chi connectivity index (χ1n) is 11.1. The number of nitrogens with two attached hydrogens (primary N) is 6. The van der Waals surface area contributed by atoms with Crippen LogP contribution >= 0.6 is 0 Å². The zero-order valence-electron chi connectivity index (χ0n) is 18.5. The summed E-state index contributed by atoms with van der Waals surface area (Å²) in [6.07, 6.45) is -14.6. The molecule has 0 amide bonds. The van der Waals surface area contributed by atoms with Crippen molar-refractivity contribution in [2.24, 2.45) is 34.4 Å². The smallest absolute Gasteiger partial charge is 0.176 e. The van der Waals surface area contributed by atoms with Gasteiger partial charge in [0.25, 0.3) is 0 Å². The Bertz CT molecular complexity index is 650. The molecule has 0 aromatic rings. The summed E-state index contributed by atoms with van der Waals surface area (Å²) in [6.45, 7) is -0.380. The lowest BCUT2D eigenvalue weighted by Crippen LogP contribution is -2.70. The molecule has 34 heavy (non-hydrogen) atoms. The summed E-state index contributed by atoms with van der Waals surface area (Å²) in [4.78, 5) is 0. The van der Waals surface area contributed by atoms with Crippen LogP contribution in [0.25, 0.3) is 0 Å². The van der Waals surface area contributed by atoms with Crippen molar-refractivity contribution in [3.05, 3.63) is 0 Å². The van der Waals surface area contributed by atoms with Crippen molar-refractivity contribution in [3.8, 4) is 0 Å². The van der Waals surface area contributed by atoms with Gasteiger partial charge in [-0.05, 0) is 0 Å². The van der Waals surface area contributed by atoms with E-state index in [0.29, 0.717) is 0 Å². The average molecular weight is 499 g/mol. The summed E-state index contributed by atoms with van der Waals surface area (Å²) in [5.41, 5.74) is 34.9. The summed E-state index contributed by atoms with van der Waals surface area (Å²) in [6, 6.07) is -3.55. The molecule has 3 aliphatic rings. The predicted octanol–water partition coefficient (Wildman–Crippen LogP) is -7.77. The van der Waals surface area contributed by atoms with Gasteiger partial charge in [0.1, 0.15) is 54.9 Å². The Hall–Kier alpha value is -0.640. The molecule has 0 aromatic heterocycles. The topological polar surface area (TPSA) is 303 Å². The van der Waals surface area contributed by atoms with Crippen LogP contribution in [-0.2, 0) is 23.7 Å². The summed E-state index contributed by atoms with van der Waals surface area (Å²) < 4.78 is 28.3. The van der Waals surface area contributed by atoms with E-state index in [1.54, 1.807) is 0 Å². The highest BCUT2D eigenvalue weighted by Crippen LogP contribution is 2.30. The van der Waals surface area contributed by atoms with E-state index < -0.39 is 91.9 Å². The molecule has 3 aliphatic heterocycles. The molecule has 3 fully saturated rings. The molecular weight excluding hydrogens is 460 g/mol. The summed E-state index contributed by atoms with van der Waals surface area (Å²) in [5.74, 6) is 0. The molecule has 0 unspecified atom stereocenters. The Morgan fingerprint density at radius 3 is 1.44 bits per heavy atom. The van der Waals surface area contributed by atoms with Crippen molar-refractivity contribution in [3.63, 3.8) is 0 Å². The average Bonchev–Trinajstić information content (AvgIpc) is 2.83. The van der Waals surface area contributed by atoms with E-state index in [2.05, 4.69) is 0 Å². The molecule has 3 rings (SSSR count). The van der Waals surface area contributed by atoms with E-state index in [1.807, 2.05) is 0 Å². The second-order valence-corrected chi connectivity index (χ2v) is 8.75. The third-order valence-corrected chi connectivity index (χ3v) is 6.49. The van der Waals surface area contributed by atoms with Crippen LogP contribution in [-0.4, -0.2) is 137 Å². The number of hydrogen-bond donors (Lipinski definition) is 11. The second kappa shape index (κ2) is 11.6. The Kier molecular flexibility index (Phi) is 9.54. The molecule has 200 valence electrons. The Morgan fingerprint density at radius 2 is 0.941 bits per heavy atom. The fraction of sp³-hybridized carbons (Fsp3) is 1.00. The van der Waals surface area contributed by atoms with Gasteiger partial charge in [-0.15, -0.1) is 0 Å². The highest BCUT2D eigenvalue weighted by molar-refractivity contribution is 4.99. The Balaban J connectivity index is 1.72. The zero-order chi connectivity index (χ0) is 25.3. The van der Waals surface area contributed by atoms with Crippen molar-refractivity contribution in [2.45, 2.75) is 91.9 Å². The third kappa shape index (κ3) is 5.37. The molecule has 16 nitrogen and oxygen atoms in total. The van der Waals surface area contributed by atoms with Gasteiger partial charge in [0.15, 0.2) is 18.9 Å². The molecule has 0 aliphatic carbocycles. The molecule has 0 spiro atoms. The van der Waals surface area contributed by atoms with Gasteiger partial charge in [-0.25, -0.2) is 0 Å². The van der Waals surface area contributed by atoms with Crippen molar-refractivity contribution >= 4 is 0 Å². The Morgan fingerprint density at radius 1 is 0.529 bits per heavy atom. The highest BCUT2D eigenvalue weighted by atomic mass is 16.7. The van der Waals surface area contributed by atoms with Crippen LogP contribution in [0.1, 0.15) is 0 Å². The normalized spacial score (nSPS) is 52.5. The van der Waals surface area contributed by atoms with Crippen molar-refractivity contribution in [2.75, 3.05) is 19.6 Å². The molecule has 3 saturated heterocycles. The van der Waals surface area contributed by atoms with Crippen molar-refractivity contribution < 1.29 is 49.2 Å². The largest absolute Gasteiger partial charge is 0.388 e. The number of hydrogen-bond acceptors (Lipinski definition) is 16. The summed E-state index contributed by atoms with van der Waals surface area (Å²) >= 11 is 0. The molecule has 3 heterocycles. The fourth-order valence-electron chi connectivity index (χ4n) is 4.31. The van der Waals surface area contributed by atoms with Crippen LogP contribution in [0.3, 0.4) is 0 Å². The first kappa shape index (κ1) is 27.9. The fourth-order valence-corrected chi connectivity index (χ4v) is 4.31. The number of aliphatic hydroxyl groups is 5. The summed E-state index contributed by atoms with van der Waals surface area (Å²) in [5, 5.41) is 51.4. The monoisotopic (exact) mass is 498 g/mol. The van der Waals surface area contributed by atoms with Gasteiger partial charge >= 0.3 is 0 Å². The number of rotatable bonds is 7. The lowest BCUT2D eigenvalue weighted by Gasteiger charge is -2.48. The van der Waals surface area contributed by atoms with Crippen molar-refractivity contribution in [1.29, 1.82) is 0 Å². The standard InChI is InChI=1S/C18H38N6O10/c19-1-4-10(25)11(26)8(23)17(31-4)34-15-6(3-21)32-18(9(24)13(15)28)33-14-5(2-20)30-16(29)7(22)12(14)27/h4-18,25-29H,1-3,19-24H2/t4-,5-,6-,7-,8-,9-,10-,11-,12-,13-,14-,15-,16+,17-,18-/m1/s1. The number of ether oxygens (including phenoxy) is 5. The molecule has 0 saturated carbocycles. The summed E-state index contributed by atoms with van der Waals surface area (Å²) in [7, 11) is 0. The van der Waals surface area contributed by atoms with E-state index in [9.17, 15) is 25.5 Å². The molecule has 0 radical (unpaired) electrons. The zero-order valence-corrected chi connectivity index (χ0v) is 18.5. The lowest BCUT2D eigenvalue weighted by molar-refractivity contribution is -0.341. The quantitative estimate of drug-likeness (QED) is 0.155. The van der Waals surface area contributed by atoms with E-state index in [-0.39, 0.29) is 19.6 Å². The molecule has 15 atom stereocenters. The van der Waals surface area contributed by atoms with E-state index in [4.69, 9.17) is 58.1 Å². The van der Waals surface area contributed by atoms with E-state index in [0.717, 1.165) is 0 Å². The minimum Gasteiger partial charge on any atom is -0.388 e. The van der Waals surface area contributed by atoms with E-state index in [1.165, 1.54) is 0 Å². The van der Waals surface area contributed by atoms with Gasteiger partial charge in [-0.3, -0.25) is 0 Å². The van der Waals surface area contributed by atoms with Crippen LogP contribution in [0.4, 0.5) is 0 Å². The molecule has 0 aromatic carbocycles. The van der Waals surface area contributed by atoms with Gasteiger partial charge in [0.2, 0.25) is 0 Å². The first-order chi connectivity index (χ1) is 16.0. The van der Waals surface area contributed by atoms with Crippen LogP contribution < -0.4 is 34.4 Å². The third-order valence-electron chi connectivity index (χ3n) is 6.49. The molecule has 17 N–H and O–H groups in total. The maximum Gasteiger partial charge on any atom is 0.176 e. The second-order valence-electron chi connectivity index (χ2n) is 8.75. The van der Waals surface area contributed by atoms with Crippen LogP contribution in [0.15, 0.2) is 0 Å². The molecule has 16 heteroatoms. The highest BCUT2D eigenvalue weighted by Gasteiger charge is 2.51. The van der Waals surface area contributed by atoms with Crippen LogP contribution in [0, 0.1) is 0 Å². The maximum absolute atomic E-state index is 10.9. The minimum absolute atomic E-state index is 0.116. The van der Waals surface area contributed by atoms with Crippen LogP contribution in [0.2, 0.25) is 0 Å². The van der Waals surface area contributed by atoms with Gasteiger partial charge in [0, 0.05) is 19.6 Å². The first-order valence-corrected chi connectivity index (χ1v) is 11.1. The van der Waals surface area contributed by atoms with Gasteiger partial charge in [-0.1, -0.05) is 0 Å². The molecular formula is C18H38N6O10. The van der Waals surface area contributed by atoms with Crippen molar-refractivity contribution in [1.82, 2.24) is 0 Å². The minimum atomic E-state index is -1.45. The number of aliphatic hydroxyl groups excluding tert-OH is 5. The van der Waals surface area contributed by atoms with Gasteiger partial charge in [0.05, 0.1) is 18.1 Å².